The average molecular weight is 716 g/mol. The first-order valence-corrected chi connectivity index (χ1v) is 11.9. The van der Waals surface area contributed by atoms with Crippen LogP contribution in [0.1, 0.15) is 27.7 Å². The van der Waals surface area contributed by atoms with Crippen molar-refractivity contribution in [2.24, 2.45) is 0 Å². The molecule has 2 rings (SSSR count). The predicted octanol–water partition coefficient (Wildman–Crippen LogP) is -0.412. The van der Waals surface area contributed by atoms with E-state index in [0.29, 0.717) is 36.5 Å². The van der Waals surface area contributed by atoms with Gasteiger partial charge in [-0.15, -0.1) is 10.2 Å². The van der Waals surface area contributed by atoms with Gasteiger partial charge in [0.1, 0.15) is 0 Å². The van der Waals surface area contributed by atoms with E-state index in [-0.39, 0.29) is 22.4 Å². The van der Waals surface area contributed by atoms with Gasteiger partial charge in [0.15, 0.2) is 10.2 Å². The van der Waals surface area contributed by atoms with E-state index in [1.165, 1.54) is 0 Å². The largest absolute Gasteiger partial charge is 3.00 e. The van der Waals surface area contributed by atoms with E-state index in [2.05, 4.69) is 79.2 Å². The van der Waals surface area contributed by atoms with E-state index in [0.717, 1.165) is 36.4 Å². The van der Waals surface area contributed by atoms with Gasteiger partial charge in [-0.3, -0.25) is 9.36 Å². The molecule has 2 N–H and O–H groups in total. The Kier molecular flexibility index (Phi) is 17.4. The molecular weight excluding hydrogens is 685 g/mol. The fraction of sp³-hybridized carbons (Fsp3) is 0.750. The van der Waals surface area contributed by atoms with Gasteiger partial charge in [0, 0.05) is 49.6 Å². The van der Waals surface area contributed by atoms with Crippen molar-refractivity contribution in [1.29, 1.82) is 0 Å². The topological polar surface area (TPSA) is 118 Å². The molecule has 0 saturated carbocycles. The van der Waals surface area contributed by atoms with E-state index in [9.17, 15) is 0 Å². The first-order chi connectivity index (χ1) is 15.4. The third-order valence-corrected chi connectivity index (χ3v) is 5.69. The second kappa shape index (κ2) is 18.1. The average Bonchev–Trinajstić information content (AvgIpc) is 3.38. The Labute approximate surface area is 232 Å². The molecule has 0 aliphatic rings. The SMILES string of the molecule is CCN(CC)C(=S)NCCn1nnnc1[S-].CCN(CC)C(=S)NCCn1nnnc1[S-].[Au+3]. The van der Waals surface area contributed by atoms with Crippen LogP contribution in [0.4, 0.5) is 0 Å². The Morgan fingerprint density at radius 3 is 1.33 bits per heavy atom. The van der Waals surface area contributed by atoms with Gasteiger partial charge in [-0.2, -0.15) is 0 Å². The number of hydrogen-bond donors (Lipinski definition) is 2. The molecule has 0 bridgehead atoms. The van der Waals surface area contributed by atoms with E-state index in [4.69, 9.17) is 49.7 Å². The molecule has 12 nitrogen and oxygen atoms in total. The predicted molar refractivity (Wildman–Crippen MR) is 134 cm³/mol. The van der Waals surface area contributed by atoms with Gasteiger partial charge in [-0.25, -0.2) is 0 Å². The minimum atomic E-state index is 0. The van der Waals surface area contributed by atoms with Crippen LogP contribution in [-0.4, -0.2) is 99.7 Å². The maximum atomic E-state index is 5.23. The Bertz CT molecular complexity index is 743. The molecule has 17 heteroatoms. The number of rotatable bonds is 10. The van der Waals surface area contributed by atoms with Crippen molar-refractivity contribution in [1.82, 2.24) is 60.8 Å². The molecule has 0 aromatic carbocycles. The van der Waals surface area contributed by atoms with Crippen LogP contribution in [0.25, 0.3) is 0 Å². The molecule has 0 saturated heterocycles. The summed E-state index contributed by atoms with van der Waals surface area (Å²) in [5, 5.41) is 30.3. The zero-order valence-corrected chi connectivity index (χ0v) is 24.5. The summed E-state index contributed by atoms with van der Waals surface area (Å²) in [6, 6.07) is 0. The summed E-state index contributed by atoms with van der Waals surface area (Å²) in [7, 11) is 0. The summed E-state index contributed by atoms with van der Waals surface area (Å²) in [6.07, 6.45) is 0. The van der Waals surface area contributed by atoms with E-state index < -0.39 is 0 Å². The van der Waals surface area contributed by atoms with Crippen LogP contribution in [0.3, 0.4) is 0 Å². The summed E-state index contributed by atoms with van der Waals surface area (Å²) in [6.45, 7) is 14.5. The number of nitrogens with one attached hydrogen (secondary N) is 2. The molecule has 0 fully saturated rings. The van der Waals surface area contributed by atoms with Crippen molar-refractivity contribution in [3.63, 3.8) is 0 Å². The first-order valence-electron chi connectivity index (χ1n) is 10.3. The van der Waals surface area contributed by atoms with Gasteiger partial charge in [0.05, 0.1) is 13.1 Å². The minimum Gasteiger partial charge on any atom is -0.739 e. The third-order valence-electron chi connectivity index (χ3n) is 4.30. The molecule has 0 aliphatic carbocycles. The van der Waals surface area contributed by atoms with Crippen molar-refractivity contribution in [3.05, 3.63) is 0 Å². The molecule has 0 atom stereocenters. The fourth-order valence-electron chi connectivity index (χ4n) is 2.46. The van der Waals surface area contributed by atoms with Crippen molar-refractivity contribution >= 4 is 59.9 Å². The Morgan fingerprint density at radius 2 is 1.09 bits per heavy atom. The summed E-state index contributed by atoms with van der Waals surface area (Å²) in [4.78, 5) is 4.15. The number of hydrogen-bond acceptors (Lipinski definition) is 10. The quantitative estimate of drug-likeness (QED) is 0.189. The van der Waals surface area contributed by atoms with Gasteiger partial charge in [-0.1, -0.05) is 0 Å². The Morgan fingerprint density at radius 1 is 0.758 bits per heavy atom. The van der Waals surface area contributed by atoms with Gasteiger partial charge < -0.3 is 45.7 Å². The summed E-state index contributed by atoms with van der Waals surface area (Å²) in [5.74, 6) is 0. The second-order valence-corrected chi connectivity index (χ2v) is 7.68. The zero-order valence-electron chi connectivity index (χ0n) is 19.1. The van der Waals surface area contributed by atoms with E-state index in [1.54, 1.807) is 9.36 Å². The van der Waals surface area contributed by atoms with Gasteiger partial charge in [0.25, 0.3) is 0 Å². The van der Waals surface area contributed by atoms with Crippen LogP contribution < -0.4 is 10.6 Å². The summed E-state index contributed by atoms with van der Waals surface area (Å²) >= 11 is 20.3. The molecule has 2 heterocycles. The number of aromatic nitrogens is 8. The van der Waals surface area contributed by atoms with Gasteiger partial charge in [0.2, 0.25) is 0 Å². The molecule has 188 valence electrons. The van der Waals surface area contributed by atoms with Gasteiger partial charge in [-0.05, 0) is 73.0 Å². The van der Waals surface area contributed by atoms with Crippen LogP contribution in [-0.2, 0) is 60.7 Å². The smallest absolute Gasteiger partial charge is 0.739 e. The molecule has 2 aromatic rings. The molecule has 0 aliphatic heterocycles. The monoisotopic (exact) mass is 715 g/mol. The van der Waals surface area contributed by atoms with Crippen molar-refractivity contribution < 1.29 is 22.4 Å². The second-order valence-electron chi connectivity index (χ2n) is 6.18. The van der Waals surface area contributed by atoms with Crippen molar-refractivity contribution in [3.8, 4) is 0 Å². The molecule has 2 aromatic heterocycles. The fourth-order valence-corrected chi connectivity index (χ4v) is 3.51. The third kappa shape index (κ3) is 11.6. The van der Waals surface area contributed by atoms with E-state index >= 15 is 0 Å². The Balaban J connectivity index is 0.000000602. The van der Waals surface area contributed by atoms with Crippen LogP contribution in [0, 0.1) is 0 Å². The van der Waals surface area contributed by atoms with Crippen LogP contribution in [0.15, 0.2) is 10.3 Å². The molecule has 0 radical (unpaired) electrons. The molecular formula is C16H30AuN12S4+. The van der Waals surface area contributed by atoms with Crippen LogP contribution in [0.5, 0.6) is 0 Å². The number of tetrazole rings is 2. The van der Waals surface area contributed by atoms with Crippen LogP contribution in [0.2, 0.25) is 0 Å². The summed E-state index contributed by atoms with van der Waals surface area (Å²) in [5.41, 5.74) is 0. The molecule has 0 unspecified atom stereocenters. The van der Waals surface area contributed by atoms with Gasteiger partial charge >= 0.3 is 22.4 Å². The molecule has 33 heavy (non-hydrogen) atoms. The Hall–Kier alpha value is -1.30. The summed E-state index contributed by atoms with van der Waals surface area (Å²) < 4.78 is 3.13. The van der Waals surface area contributed by atoms with Crippen molar-refractivity contribution in [2.45, 2.75) is 51.1 Å². The van der Waals surface area contributed by atoms with Crippen LogP contribution >= 0.6 is 24.4 Å². The zero-order chi connectivity index (χ0) is 23.9. The molecule has 0 amide bonds. The standard InChI is InChI=1S/2C8H16N6S2.Au/c2*1-3-13(4-2)7(15)9-5-6-14-8(16)10-11-12-14;/h2*3-6H2,1-2H3,(H,9,15)(H,10,12,16);/q;;+3/p-2. The van der Waals surface area contributed by atoms with E-state index in [1.807, 2.05) is 0 Å². The molecule has 0 spiro atoms. The number of thiocarbonyl (C=S) groups is 2. The normalized spacial score (nSPS) is 9.82. The first kappa shape index (κ1) is 31.7. The minimum absolute atomic E-state index is 0. The van der Waals surface area contributed by atoms with Crippen molar-refractivity contribution in [2.75, 3.05) is 39.3 Å². The number of nitrogens with zero attached hydrogens (tertiary/aromatic N) is 10. The maximum Gasteiger partial charge on any atom is 3.00 e. The maximum absolute atomic E-state index is 5.23.